The van der Waals surface area contributed by atoms with E-state index in [0.29, 0.717) is 5.69 Å². The van der Waals surface area contributed by atoms with Crippen molar-refractivity contribution in [3.05, 3.63) is 53.5 Å². The Balaban J connectivity index is 1.73. The van der Waals surface area contributed by atoms with Crippen molar-refractivity contribution in [1.29, 1.82) is 0 Å². The highest BCUT2D eigenvalue weighted by molar-refractivity contribution is 7.98. The van der Waals surface area contributed by atoms with Crippen molar-refractivity contribution in [2.24, 2.45) is 0 Å². The maximum atomic E-state index is 12.2. The number of nitrogens with one attached hydrogen (secondary N) is 2. The van der Waals surface area contributed by atoms with Crippen LogP contribution in [0.2, 0.25) is 0 Å². The first-order valence-electron chi connectivity index (χ1n) is 6.31. The molecule has 1 aromatic carbocycles. The molecule has 106 valence electrons. The smallest absolute Gasteiger partial charge is 0.276 e. The molecule has 0 aliphatic carbocycles. The fourth-order valence-corrected chi connectivity index (χ4v) is 2.97. The van der Waals surface area contributed by atoms with E-state index in [-0.39, 0.29) is 5.91 Å². The van der Waals surface area contributed by atoms with Gasteiger partial charge >= 0.3 is 0 Å². The summed E-state index contributed by atoms with van der Waals surface area (Å²) in [6, 6.07) is 13.4. The number of hydrogen-bond donors (Lipinski definition) is 2. The van der Waals surface area contributed by atoms with Gasteiger partial charge in [-0.15, -0.1) is 23.1 Å². The highest BCUT2D eigenvalue weighted by atomic mass is 32.2. The van der Waals surface area contributed by atoms with Crippen LogP contribution in [-0.2, 0) is 0 Å². The number of thiophene rings is 1. The van der Waals surface area contributed by atoms with Crippen LogP contribution in [0.25, 0.3) is 10.6 Å². The van der Waals surface area contributed by atoms with Gasteiger partial charge in [-0.25, -0.2) is 0 Å². The van der Waals surface area contributed by atoms with Crippen LogP contribution in [0.15, 0.2) is 52.7 Å². The zero-order valence-electron chi connectivity index (χ0n) is 11.3. The van der Waals surface area contributed by atoms with E-state index in [4.69, 9.17) is 0 Å². The number of aromatic nitrogens is 2. The predicted octanol–water partition coefficient (Wildman–Crippen LogP) is 4.11. The van der Waals surface area contributed by atoms with Crippen molar-refractivity contribution < 1.29 is 4.79 Å². The Labute approximate surface area is 130 Å². The maximum Gasteiger partial charge on any atom is 0.276 e. The minimum atomic E-state index is -0.217. The van der Waals surface area contributed by atoms with E-state index in [0.717, 1.165) is 21.2 Å². The van der Waals surface area contributed by atoms with Gasteiger partial charge in [0.05, 0.1) is 10.6 Å². The molecule has 0 fully saturated rings. The number of benzene rings is 1. The van der Waals surface area contributed by atoms with Crippen LogP contribution < -0.4 is 5.32 Å². The molecule has 3 aromatic rings. The van der Waals surface area contributed by atoms with Gasteiger partial charge in [-0.2, -0.15) is 5.10 Å². The molecule has 2 heterocycles. The zero-order chi connectivity index (χ0) is 14.7. The van der Waals surface area contributed by atoms with Crippen LogP contribution in [0.3, 0.4) is 0 Å². The van der Waals surface area contributed by atoms with E-state index in [9.17, 15) is 4.79 Å². The van der Waals surface area contributed by atoms with Gasteiger partial charge in [0.1, 0.15) is 0 Å². The van der Waals surface area contributed by atoms with Gasteiger partial charge in [-0.3, -0.25) is 9.89 Å². The van der Waals surface area contributed by atoms with Crippen LogP contribution in [0.5, 0.6) is 0 Å². The zero-order valence-corrected chi connectivity index (χ0v) is 12.9. The van der Waals surface area contributed by atoms with Crippen molar-refractivity contribution in [2.75, 3.05) is 11.6 Å². The summed E-state index contributed by atoms with van der Waals surface area (Å²) in [6.07, 6.45) is 2.02. The van der Waals surface area contributed by atoms with E-state index in [1.807, 2.05) is 48.0 Å². The monoisotopic (exact) mass is 315 g/mol. The number of anilines is 1. The number of thioether (sulfide) groups is 1. The van der Waals surface area contributed by atoms with E-state index < -0.39 is 0 Å². The summed E-state index contributed by atoms with van der Waals surface area (Å²) in [4.78, 5) is 14.4. The molecule has 0 atom stereocenters. The van der Waals surface area contributed by atoms with Crippen LogP contribution in [0.1, 0.15) is 10.5 Å². The van der Waals surface area contributed by atoms with Gasteiger partial charge in [-0.1, -0.05) is 6.07 Å². The summed E-state index contributed by atoms with van der Waals surface area (Å²) in [5.41, 5.74) is 2.00. The quantitative estimate of drug-likeness (QED) is 0.712. The topological polar surface area (TPSA) is 57.8 Å². The first-order chi connectivity index (χ1) is 10.3. The summed E-state index contributed by atoms with van der Waals surface area (Å²) in [5.74, 6) is -0.217. The lowest BCUT2D eigenvalue weighted by Gasteiger charge is -2.03. The maximum absolute atomic E-state index is 12.2. The molecule has 2 N–H and O–H groups in total. The second kappa shape index (κ2) is 6.15. The Hall–Kier alpha value is -2.05. The van der Waals surface area contributed by atoms with Crippen molar-refractivity contribution in [3.8, 4) is 10.6 Å². The molecular weight excluding hydrogens is 302 g/mol. The van der Waals surface area contributed by atoms with Gasteiger partial charge in [0.2, 0.25) is 0 Å². The lowest BCUT2D eigenvalue weighted by molar-refractivity contribution is 0.102. The molecule has 0 unspecified atom stereocenters. The number of amides is 1. The summed E-state index contributed by atoms with van der Waals surface area (Å²) < 4.78 is 0. The Morgan fingerprint density at radius 3 is 2.76 bits per heavy atom. The van der Waals surface area contributed by atoms with Gasteiger partial charge in [0.25, 0.3) is 5.91 Å². The van der Waals surface area contributed by atoms with Crippen molar-refractivity contribution in [3.63, 3.8) is 0 Å². The third-order valence-corrected chi connectivity index (χ3v) is 4.59. The summed E-state index contributed by atoms with van der Waals surface area (Å²) >= 11 is 3.27. The van der Waals surface area contributed by atoms with Crippen LogP contribution in [-0.4, -0.2) is 22.4 Å². The van der Waals surface area contributed by atoms with Gasteiger partial charge < -0.3 is 5.32 Å². The molecule has 21 heavy (non-hydrogen) atoms. The number of carbonyl (C=O) groups excluding carboxylic acids is 1. The Bertz CT molecular complexity index is 733. The second-order valence-electron chi connectivity index (χ2n) is 4.33. The third-order valence-electron chi connectivity index (χ3n) is 2.95. The standard InChI is InChI=1S/C15H13N3OS2/c1-20-11-6-4-10(5-7-11)16-15(19)13-9-12(17-18-13)14-3-2-8-21-14/h2-9H,1H3,(H,16,19)(H,17,18). The molecule has 0 saturated carbocycles. The Morgan fingerprint density at radius 2 is 2.10 bits per heavy atom. The first kappa shape index (κ1) is 13.9. The largest absolute Gasteiger partial charge is 0.321 e. The molecular formula is C15H13N3OS2. The molecule has 0 aliphatic rings. The average Bonchev–Trinajstić information content (AvgIpc) is 3.19. The predicted molar refractivity (Wildman–Crippen MR) is 88.1 cm³/mol. The van der Waals surface area contributed by atoms with E-state index in [1.165, 1.54) is 0 Å². The molecule has 4 nitrogen and oxygen atoms in total. The van der Waals surface area contributed by atoms with Gasteiger partial charge in [0, 0.05) is 10.6 Å². The third kappa shape index (κ3) is 3.17. The lowest BCUT2D eigenvalue weighted by Crippen LogP contribution is -2.12. The SMILES string of the molecule is CSc1ccc(NC(=O)c2cc(-c3cccs3)[nH]n2)cc1. The van der Waals surface area contributed by atoms with E-state index >= 15 is 0 Å². The highest BCUT2D eigenvalue weighted by Gasteiger charge is 2.12. The molecule has 0 radical (unpaired) electrons. The summed E-state index contributed by atoms with van der Waals surface area (Å²) in [6.45, 7) is 0. The normalized spacial score (nSPS) is 10.5. The summed E-state index contributed by atoms with van der Waals surface area (Å²) in [5, 5.41) is 11.8. The van der Waals surface area contributed by atoms with Crippen molar-refractivity contribution in [2.45, 2.75) is 4.90 Å². The van der Waals surface area contributed by atoms with Crippen LogP contribution in [0, 0.1) is 0 Å². The van der Waals surface area contributed by atoms with Gasteiger partial charge in [0.15, 0.2) is 5.69 Å². The van der Waals surface area contributed by atoms with Crippen molar-refractivity contribution >= 4 is 34.7 Å². The highest BCUT2D eigenvalue weighted by Crippen LogP contribution is 2.23. The molecule has 0 saturated heterocycles. The minimum absolute atomic E-state index is 0.217. The second-order valence-corrected chi connectivity index (χ2v) is 6.15. The number of hydrogen-bond acceptors (Lipinski definition) is 4. The molecule has 0 spiro atoms. The fraction of sp³-hybridized carbons (Fsp3) is 0.0667. The Kier molecular flexibility index (Phi) is 4.08. The number of rotatable bonds is 4. The minimum Gasteiger partial charge on any atom is -0.321 e. The van der Waals surface area contributed by atoms with E-state index in [2.05, 4.69) is 15.5 Å². The number of carbonyl (C=O) groups is 1. The number of aromatic amines is 1. The number of nitrogens with zero attached hydrogens (tertiary/aromatic N) is 1. The lowest BCUT2D eigenvalue weighted by atomic mass is 10.3. The fourth-order valence-electron chi connectivity index (χ4n) is 1.87. The molecule has 2 aromatic heterocycles. The molecule has 0 aliphatic heterocycles. The number of H-pyrrole nitrogens is 1. The first-order valence-corrected chi connectivity index (χ1v) is 8.41. The van der Waals surface area contributed by atoms with E-state index in [1.54, 1.807) is 29.2 Å². The molecule has 3 rings (SSSR count). The Morgan fingerprint density at radius 1 is 1.29 bits per heavy atom. The van der Waals surface area contributed by atoms with Crippen LogP contribution >= 0.6 is 23.1 Å². The van der Waals surface area contributed by atoms with Gasteiger partial charge in [-0.05, 0) is 48.0 Å². The molecule has 1 amide bonds. The molecule has 0 bridgehead atoms. The average molecular weight is 315 g/mol. The summed E-state index contributed by atoms with van der Waals surface area (Å²) in [7, 11) is 0. The van der Waals surface area contributed by atoms with Crippen molar-refractivity contribution in [1.82, 2.24) is 10.2 Å². The van der Waals surface area contributed by atoms with Crippen LogP contribution in [0.4, 0.5) is 5.69 Å². The molecule has 6 heteroatoms.